The molecule has 0 spiro atoms. The van der Waals surface area contributed by atoms with Gasteiger partial charge in [-0.25, -0.2) is 23.8 Å². The molecule has 0 aliphatic rings. The molecule has 0 aromatic rings. The third kappa shape index (κ3) is 50.2. The van der Waals surface area contributed by atoms with Gasteiger partial charge in [-0.1, -0.05) is 6.92 Å². The molecule has 0 bridgehead atoms. The Morgan fingerprint density at radius 3 is 1.42 bits per heavy atom. The molecule has 0 aliphatic heterocycles. The molecule has 0 radical (unpaired) electrons. The summed E-state index contributed by atoms with van der Waals surface area (Å²) in [5.74, 6) is 0. The van der Waals surface area contributed by atoms with E-state index >= 15 is 0 Å². The van der Waals surface area contributed by atoms with Crippen LogP contribution in [0.2, 0.25) is 0 Å². The lowest BCUT2D eigenvalue weighted by Gasteiger charge is -2.17. The van der Waals surface area contributed by atoms with Crippen molar-refractivity contribution in [1.29, 1.82) is 0 Å². The fraction of sp³-hybridized carbons (Fsp3) is 1.00. The predicted octanol–water partition coefficient (Wildman–Crippen LogP) is -3.89. The third-order valence-corrected chi connectivity index (χ3v) is 0.771. The van der Waals surface area contributed by atoms with Crippen molar-refractivity contribution in [2.45, 2.75) is 13.3 Å². The van der Waals surface area contributed by atoms with Gasteiger partial charge in [-0.3, -0.25) is 0 Å². The number of rotatable bonds is 2. The first-order valence-electron chi connectivity index (χ1n) is 3.23. The zero-order chi connectivity index (χ0) is 10.4. The molecule has 0 aliphatic carbocycles. The van der Waals surface area contributed by atoms with Gasteiger partial charge in [0.15, 0.2) is 0 Å². The number of quaternary nitrogens is 1. The average molecular weight is 204 g/mol. The number of hydrogen-bond donors (Lipinski definition) is 1. The van der Waals surface area contributed by atoms with E-state index in [-0.39, 0.29) is 4.65 Å². The second kappa shape index (κ2) is 5.65. The highest BCUT2D eigenvalue weighted by atomic mass is 35.7. The van der Waals surface area contributed by atoms with Crippen molar-refractivity contribution in [3.05, 3.63) is 0 Å². The molecule has 0 saturated carbocycles. The van der Waals surface area contributed by atoms with Gasteiger partial charge in [-0.15, -0.1) is 10.2 Å². The van der Waals surface area contributed by atoms with Gasteiger partial charge in [0, 0.05) is 0 Å². The highest BCUT2D eigenvalue weighted by molar-refractivity contribution is 4.16. The molecule has 12 heavy (non-hydrogen) atoms. The van der Waals surface area contributed by atoms with Gasteiger partial charge in [-0.05, 0) is 6.42 Å². The Labute approximate surface area is 73.6 Å². The number of nitrogens with zero attached hydrogens (tertiary/aromatic N) is 1. The normalized spacial score (nSPS) is 12.0. The van der Waals surface area contributed by atoms with Crippen molar-refractivity contribution < 1.29 is 38.7 Å². The minimum absolute atomic E-state index is 0.0938. The fourth-order valence-electron chi connectivity index (χ4n) is 0.547. The van der Waals surface area contributed by atoms with Gasteiger partial charge in [0.2, 0.25) is 0 Å². The summed E-state index contributed by atoms with van der Waals surface area (Å²) in [6.07, 6.45) is 1.03. The highest BCUT2D eigenvalue weighted by Gasteiger charge is 2.05. The predicted molar refractivity (Wildman–Crippen MR) is 29.1 cm³/mol. The fourth-order valence-corrected chi connectivity index (χ4v) is 0.547. The van der Waals surface area contributed by atoms with E-state index in [1.54, 1.807) is 14.1 Å². The van der Waals surface area contributed by atoms with E-state index in [0.717, 1.165) is 13.0 Å². The van der Waals surface area contributed by atoms with Crippen LogP contribution >= 0.6 is 0 Å². The van der Waals surface area contributed by atoms with Crippen molar-refractivity contribution in [3.63, 3.8) is 0 Å². The second-order valence-corrected chi connectivity index (χ2v) is 3.48. The van der Waals surface area contributed by atoms with E-state index in [0.29, 0.717) is 0 Å². The summed E-state index contributed by atoms with van der Waals surface area (Å²) in [7, 11) is -1.41. The first-order chi connectivity index (χ1) is 5.06. The maximum Gasteiger partial charge on any atom is 0.108 e. The van der Waals surface area contributed by atoms with Crippen LogP contribution in [0.1, 0.15) is 13.3 Å². The lowest BCUT2D eigenvalue weighted by molar-refractivity contribution is -2.00. The molecule has 0 amide bonds. The first-order valence-corrected chi connectivity index (χ1v) is 4.47. The van der Waals surface area contributed by atoms with Gasteiger partial charge < -0.3 is 0 Å². The lowest BCUT2D eigenvalue weighted by atomic mass is 10.5. The summed E-state index contributed by atoms with van der Waals surface area (Å²) < 4.78 is 34.1. The van der Waals surface area contributed by atoms with Gasteiger partial charge in [0.05, 0.1) is 14.1 Å². The van der Waals surface area contributed by atoms with Crippen molar-refractivity contribution in [3.8, 4) is 0 Å². The van der Waals surface area contributed by atoms with E-state index in [2.05, 4.69) is 6.92 Å². The van der Waals surface area contributed by atoms with Gasteiger partial charge in [-0.2, -0.15) is 4.65 Å². The molecule has 0 aromatic heterocycles. The Bertz CT molecular complexity index is 101. The molecule has 0 atom stereocenters. The van der Waals surface area contributed by atoms with Crippen LogP contribution in [0.4, 0.5) is 0 Å². The summed E-state index contributed by atoms with van der Waals surface area (Å²) in [5, 5.41) is 8.96. The molecule has 0 heterocycles. The lowest BCUT2D eigenvalue weighted by Crippen LogP contribution is -2.68. The van der Waals surface area contributed by atoms with E-state index in [9.17, 15) is 0 Å². The van der Waals surface area contributed by atoms with Crippen LogP contribution in [0.3, 0.4) is 0 Å². The zero-order valence-electron chi connectivity index (χ0n) is 7.32. The zero-order valence-corrected chi connectivity index (χ0v) is 8.08. The summed E-state index contributed by atoms with van der Waals surface area (Å²) in [6, 6.07) is 0. The minimum Gasteiger partial charge on any atom is -0.222 e. The maximum atomic E-state index is 8.96. The van der Waals surface area contributed by atoms with Crippen LogP contribution in [0.25, 0.3) is 0 Å². The Balaban J connectivity index is 0. The number of hydrogen-bond acceptors (Lipinski definition) is 5. The quantitative estimate of drug-likeness (QED) is 0.364. The molecule has 0 fully saturated rings. The van der Waals surface area contributed by atoms with E-state index in [1.165, 1.54) is 0 Å². The van der Waals surface area contributed by atoms with Crippen LogP contribution < -0.4 is 18.6 Å². The molecular formula is C5H14ClNO5. The summed E-state index contributed by atoms with van der Waals surface area (Å²) in [6.45, 7) is 2.89. The van der Waals surface area contributed by atoms with Crippen LogP contribution in [0.5, 0.6) is 0 Å². The number of hydroxylamine groups is 3. The van der Waals surface area contributed by atoms with Crippen molar-refractivity contribution >= 4 is 0 Å². The van der Waals surface area contributed by atoms with E-state index in [1.807, 2.05) is 0 Å². The SMILES string of the molecule is CCC[N+](C)(C)O.[O-][Cl+3]([O-])([O-])[O-]. The van der Waals surface area contributed by atoms with Crippen LogP contribution in [0.15, 0.2) is 0 Å². The first kappa shape index (κ1) is 14.6. The Hall–Kier alpha value is 0.0500. The molecule has 0 unspecified atom stereocenters. The Kier molecular flexibility index (Phi) is 6.86. The van der Waals surface area contributed by atoms with Crippen LogP contribution in [0, 0.1) is 10.2 Å². The molecule has 0 rings (SSSR count). The Morgan fingerprint density at radius 1 is 1.17 bits per heavy atom. The summed E-state index contributed by atoms with van der Waals surface area (Å²) >= 11 is 0. The maximum absolute atomic E-state index is 8.96. The smallest absolute Gasteiger partial charge is 0.108 e. The molecule has 0 saturated heterocycles. The number of halogens is 1. The molecule has 6 nitrogen and oxygen atoms in total. The van der Waals surface area contributed by atoms with Gasteiger partial charge >= 0.3 is 0 Å². The van der Waals surface area contributed by atoms with Crippen LogP contribution in [-0.4, -0.2) is 30.5 Å². The van der Waals surface area contributed by atoms with E-state index in [4.69, 9.17) is 23.8 Å². The van der Waals surface area contributed by atoms with Gasteiger partial charge in [0.1, 0.15) is 6.54 Å². The third-order valence-electron chi connectivity index (χ3n) is 0.771. The second-order valence-electron chi connectivity index (χ2n) is 2.72. The molecule has 7 heteroatoms. The molecule has 1 N–H and O–H groups in total. The highest BCUT2D eigenvalue weighted by Crippen LogP contribution is 1.89. The standard InChI is InChI=1S/C5H14NO.ClHO4/c1-4-5-6(2,3)7;2-1(3,4)5/h7H,4-5H2,1-3H3;(H,2,3,4,5)/q+1;/p-1. The largest absolute Gasteiger partial charge is 0.222 e. The topological polar surface area (TPSA) is 112 Å². The molecule has 0 aromatic carbocycles. The average Bonchev–Trinajstić information content (AvgIpc) is 1.54. The summed E-state index contributed by atoms with van der Waals surface area (Å²) in [5.41, 5.74) is 0. The van der Waals surface area contributed by atoms with Crippen molar-refractivity contribution in [2.75, 3.05) is 20.6 Å². The van der Waals surface area contributed by atoms with Crippen LogP contribution in [-0.2, 0) is 0 Å². The monoisotopic (exact) mass is 203 g/mol. The van der Waals surface area contributed by atoms with Gasteiger partial charge in [0.25, 0.3) is 0 Å². The molecule has 76 valence electrons. The minimum atomic E-state index is -4.94. The van der Waals surface area contributed by atoms with Crippen molar-refractivity contribution in [2.24, 2.45) is 0 Å². The van der Waals surface area contributed by atoms with E-state index < -0.39 is 10.2 Å². The molecular weight excluding hydrogens is 190 g/mol. The Morgan fingerprint density at radius 2 is 1.42 bits per heavy atom. The summed E-state index contributed by atoms with van der Waals surface area (Å²) in [4.78, 5) is 0. The van der Waals surface area contributed by atoms with Crippen molar-refractivity contribution in [1.82, 2.24) is 0 Å².